The van der Waals surface area contributed by atoms with Crippen LogP contribution in [-0.4, -0.2) is 12.9 Å². The first-order chi connectivity index (χ1) is 4.74. The molecule has 0 aromatic carbocycles. The molecule has 0 radical (unpaired) electrons. The van der Waals surface area contributed by atoms with Gasteiger partial charge in [-0.1, -0.05) is 13.8 Å². The molecule has 0 bridgehead atoms. The average molecular weight is 142 g/mol. The normalized spacial score (nSPS) is 11.3. The molecule has 0 spiro atoms. The molecule has 58 valence electrons. The van der Waals surface area contributed by atoms with Gasteiger partial charge in [0.25, 0.3) is 0 Å². The van der Waals surface area contributed by atoms with Gasteiger partial charge < -0.3 is 4.74 Å². The zero-order valence-corrected chi connectivity index (χ0v) is 6.81. The molecule has 0 rings (SSSR count). The lowest BCUT2D eigenvalue weighted by Crippen LogP contribution is -1.93. The van der Waals surface area contributed by atoms with Crippen LogP contribution in [0.2, 0.25) is 0 Å². The SMILES string of the molecule is CCC(=O)/C=C(/CC)OC. The molecular weight excluding hydrogens is 128 g/mol. The van der Waals surface area contributed by atoms with Crippen LogP contribution in [0.5, 0.6) is 0 Å². The second kappa shape index (κ2) is 5.03. The molecule has 10 heavy (non-hydrogen) atoms. The summed E-state index contributed by atoms with van der Waals surface area (Å²) >= 11 is 0. The maximum absolute atomic E-state index is 10.8. The zero-order chi connectivity index (χ0) is 7.98. The summed E-state index contributed by atoms with van der Waals surface area (Å²) in [4.78, 5) is 10.8. The first kappa shape index (κ1) is 9.21. The van der Waals surface area contributed by atoms with Crippen LogP contribution in [0.25, 0.3) is 0 Å². The van der Waals surface area contributed by atoms with Gasteiger partial charge in [0.2, 0.25) is 0 Å². The molecule has 0 saturated heterocycles. The number of hydrogen-bond acceptors (Lipinski definition) is 2. The maximum atomic E-state index is 10.8. The number of carbonyl (C=O) groups is 1. The van der Waals surface area contributed by atoms with Gasteiger partial charge in [-0.2, -0.15) is 0 Å². The fourth-order valence-corrected chi connectivity index (χ4v) is 0.587. The third-order valence-corrected chi connectivity index (χ3v) is 1.28. The third kappa shape index (κ3) is 3.28. The minimum Gasteiger partial charge on any atom is -0.501 e. The predicted octanol–water partition coefficient (Wildman–Crippen LogP) is 1.91. The molecule has 2 nitrogen and oxygen atoms in total. The lowest BCUT2D eigenvalue weighted by atomic mass is 10.2. The Morgan fingerprint density at radius 3 is 2.30 bits per heavy atom. The van der Waals surface area contributed by atoms with Crippen LogP contribution in [-0.2, 0) is 9.53 Å². The highest BCUT2D eigenvalue weighted by Gasteiger charge is 1.95. The highest BCUT2D eigenvalue weighted by Crippen LogP contribution is 2.01. The molecule has 0 unspecified atom stereocenters. The highest BCUT2D eigenvalue weighted by molar-refractivity contribution is 5.89. The maximum Gasteiger partial charge on any atom is 0.158 e. The fourth-order valence-electron chi connectivity index (χ4n) is 0.587. The van der Waals surface area contributed by atoms with E-state index in [2.05, 4.69) is 0 Å². The number of rotatable bonds is 4. The summed E-state index contributed by atoms with van der Waals surface area (Å²) in [7, 11) is 1.58. The number of methoxy groups -OCH3 is 1. The molecule has 0 aromatic heterocycles. The van der Waals surface area contributed by atoms with Crippen molar-refractivity contribution in [3.8, 4) is 0 Å². The van der Waals surface area contributed by atoms with Crippen molar-refractivity contribution >= 4 is 5.78 Å². The zero-order valence-electron chi connectivity index (χ0n) is 6.81. The smallest absolute Gasteiger partial charge is 0.158 e. The van der Waals surface area contributed by atoms with E-state index in [0.29, 0.717) is 6.42 Å². The van der Waals surface area contributed by atoms with E-state index in [0.717, 1.165) is 12.2 Å². The highest BCUT2D eigenvalue weighted by atomic mass is 16.5. The van der Waals surface area contributed by atoms with Crippen molar-refractivity contribution in [3.63, 3.8) is 0 Å². The quantitative estimate of drug-likeness (QED) is 0.442. The molecule has 0 heterocycles. The molecule has 0 aliphatic heterocycles. The lowest BCUT2D eigenvalue weighted by Gasteiger charge is -1.99. The topological polar surface area (TPSA) is 26.3 Å². The van der Waals surface area contributed by atoms with E-state index in [-0.39, 0.29) is 5.78 Å². The van der Waals surface area contributed by atoms with Gasteiger partial charge in [-0.25, -0.2) is 0 Å². The van der Waals surface area contributed by atoms with Gasteiger partial charge in [0.15, 0.2) is 5.78 Å². The Hall–Kier alpha value is -0.790. The minimum atomic E-state index is 0.124. The van der Waals surface area contributed by atoms with E-state index >= 15 is 0 Å². The van der Waals surface area contributed by atoms with Crippen LogP contribution >= 0.6 is 0 Å². The second-order valence-corrected chi connectivity index (χ2v) is 1.99. The lowest BCUT2D eigenvalue weighted by molar-refractivity contribution is -0.114. The summed E-state index contributed by atoms with van der Waals surface area (Å²) in [5, 5.41) is 0. The van der Waals surface area contributed by atoms with Gasteiger partial charge in [-0.05, 0) is 0 Å². The number of hydrogen-bond donors (Lipinski definition) is 0. The summed E-state index contributed by atoms with van der Waals surface area (Å²) in [5.41, 5.74) is 0. The van der Waals surface area contributed by atoms with Gasteiger partial charge in [0.05, 0.1) is 12.9 Å². The van der Waals surface area contributed by atoms with Crippen molar-refractivity contribution in [2.75, 3.05) is 7.11 Å². The van der Waals surface area contributed by atoms with Crippen LogP contribution in [0.3, 0.4) is 0 Å². The van der Waals surface area contributed by atoms with Crippen LogP contribution < -0.4 is 0 Å². The molecular formula is C8H14O2. The van der Waals surface area contributed by atoms with E-state index in [1.807, 2.05) is 13.8 Å². The largest absolute Gasteiger partial charge is 0.501 e. The van der Waals surface area contributed by atoms with Crippen LogP contribution in [0.4, 0.5) is 0 Å². The Morgan fingerprint density at radius 1 is 1.40 bits per heavy atom. The average Bonchev–Trinajstić information content (AvgIpc) is 1.99. The summed E-state index contributed by atoms with van der Waals surface area (Å²) in [6.45, 7) is 3.79. The summed E-state index contributed by atoms with van der Waals surface area (Å²) < 4.78 is 4.91. The van der Waals surface area contributed by atoms with E-state index in [4.69, 9.17) is 4.74 Å². The summed E-state index contributed by atoms with van der Waals surface area (Å²) in [6.07, 6.45) is 2.88. The van der Waals surface area contributed by atoms with Gasteiger partial charge in [-0.15, -0.1) is 0 Å². The van der Waals surface area contributed by atoms with Crippen molar-refractivity contribution in [2.45, 2.75) is 26.7 Å². The number of allylic oxidation sites excluding steroid dienone is 2. The van der Waals surface area contributed by atoms with Crippen LogP contribution in [0.1, 0.15) is 26.7 Å². The molecule has 0 aliphatic carbocycles. The minimum absolute atomic E-state index is 0.124. The summed E-state index contributed by atoms with van der Waals surface area (Å²) in [5.74, 6) is 0.880. The van der Waals surface area contributed by atoms with Crippen molar-refractivity contribution in [1.82, 2.24) is 0 Å². The Labute approximate surface area is 61.9 Å². The van der Waals surface area contributed by atoms with Crippen molar-refractivity contribution in [3.05, 3.63) is 11.8 Å². The molecule has 0 atom stereocenters. The van der Waals surface area contributed by atoms with Crippen molar-refractivity contribution in [1.29, 1.82) is 0 Å². The number of carbonyl (C=O) groups excluding carboxylic acids is 1. The van der Waals surface area contributed by atoms with Gasteiger partial charge in [0.1, 0.15) is 0 Å². The first-order valence-electron chi connectivity index (χ1n) is 3.52. The summed E-state index contributed by atoms with van der Waals surface area (Å²) in [6, 6.07) is 0. The van der Waals surface area contributed by atoms with Crippen LogP contribution in [0.15, 0.2) is 11.8 Å². The molecule has 0 aromatic rings. The van der Waals surface area contributed by atoms with Crippen molar-refractivity contribution in [2.24, 2.45) is 0 Å². The Kier molecular flexibility index (Phi) is 4.63. The Morgan fingerprint density at radius 2 is 2.00 bits per heavy atom. The molecule has 2 heteroatoms. The number of ketones is 1. The standard InChI is InChI=1S/C8H14O2/c1-4-7(9)6-8(5-2)10-3/h6H,4-5H2,1-3H3/b8-6-. The van der Waals surface area contributed by atoms with Crippen LogP contribution in [0, 0.1) is 0 Å². The molecule has 0 amide bonds. The molecule has 0 aliphatic rings. The van der Waals surface area contributed by atoms with E-state index in [1.54, 1.807) is 13.2 Å². The van der Waals surface area contributed by atoms with Gasteiger partial charge >= 0.3 is 0 Å². The van der Waals surface area contributed by atoms with Crippen molar-refractivity contribution < 1.29 is 9.53 Å². The van der Waals surface area contributed by atoms with E-state index in [9.17, 15) is 4.79 Å². The molecule has 0 fully saturated rings. The molecule has 0 N–H and O–H groups in total. The second-order valence-electron chi connectivity index (χ2n) is 1.99. The fraction of sp³-hybridized carbons (Fsp3) is 0.625. The first-order valence-corrected chi connectivity index (χ1v) is 3.52. The van der Waals surface area contributed by atoms with E-state index in [1.165, 1.54) is 0 Å². The van der Waals surface area contributed by atoms with E-state index < -0.39 is 0 Å². The van der Waals surface area contributed by atoms with Gasteiger partial charge in [0, 0.05) is 18.9 Å². The third-order valence-electron chi connectivity index (χ3n) is 1.28. The monoisotopic (exact) mass is 142 g/mol. The predicted molar refractivity (Wildman–Crippen MR) is 40.7 cm³/mol. The number of ether oxygens (including phenoxy) is 1. The Balaban J connectivity index is 3.96. The van der Waals surface area contributed by atoms with Gasteiger partial charge in [-0.3, -0.25) is 4.79 Å². The molecule has 0 saturated carbocycles. The Bertz CT molecular complexity index is 130.